The van der Waals surface area contributed by atoms with Crippen LogP contribution in [0.4, 0.5) is 0 Å². The van der Waals surface area contributed by atoms with Crippen LogP contribution in [-0.4, -0.2) is 0 Å². The first kappa shape index (κ1) is 12.3. The largest absolute Gasteiger partial charge is 0.320 e. The fourth-order valence-electron chi connectivity index (χ4n) is 1.86. The monoisotopic (exact) mass is 289 g/mol. The first-order valence-corrected chi connectivity index (χ1v) is 6.46. The maximum Gasteiger partial charge on any atom is 0.0562 e. The fraction of sp³-hybridized carbons (Fsp3) is 0.200. The molecule has 2 aromatic carbocycles. The van der Waals surface area contributed by atoms with Crippen molar-refractivity contribution in [2.45, 2.75) is 19.9 Å². The molecule has 0 aliphatic carbocycles. The molecule has 0 saturated heterocycles. The average Bonchev–Trinajstić information content (AvgIpc) is 2.33. The first-order valence-electron chi connectivity index (χ1n) is 5.67. The molecule has 2 N–H and O–H groups in total. The lowest BCUT2D eigenvalue weighted by Crippen LogP contribution is -2.12. The molecular formula is C15H16BrN. The lowest BCUT2D eigenvalue weighted by atomic mass is 9.97. The highest BCUT2D eigenvalue weighted by atomic mass is 79.9. The van der Waals surface area contributed by atoms with E-state index in [0.717, 1.165) is 15.6 Å². The Morgan fingerprint density at radius 2 is 1.65 bits per heavy atom. The zero-order chi connectivity index (χ0) is 12.4. The van der Waals surface area contributed by atoms with E-state index in [2.05, 4.69) is 66.2 Å². The summed E-state index contributed by atoms with van der Waals surface area (Å²) in [5, 5.41) is 0. The molecule has 1 nitrogen and oxygen atoms in total. The molecular weight excluding hydrogens is 274 g/mol. The van der Waals surface area contributed by atoms with Crippen molar-refractivity contribution in [3.63, 3.8) is 0 Å². The predicted octanol–water partition coefficient (Wildman–Crippen LogP) is 4.11. The van der Waals surface area contributed by atoms with Gasteiger partial charge in [0.1, 0.15) is 0 Å². The zero-order valence-corrected chi connectivity index (χ0v) is 11.7. The summed E-state index contributed by atoms with van der Waals surface area (Å²) in [6.07, 6.45) is 0. The normalized spacial score (nSPS) is 12.5. The van der Waals surface area contributed by atoms with Gasteiger partial charge in [-0.25, -0.2) is 0 Å². The van der Waals surface area contributed by atoms with E-state index in [1.165, 1.54) is 11.1 Å². The molecule has 1 unspecified atom stereocenters. The third-order valence-electron chi connectivity index (χ3n) is 2.99. The van der Waals surface area contributed by atoms with Gasteiger partial charge in [0.25, 0.3) is 0 Å². The van der Waals surface area contributed by atoms with Crippen molar-refractivity contribution >= 4 is 15.9 Å². The molecule has 0 bridgehead atoms. The molecule has 2 heteroatoms. The molecule has 88 valence electrons. The summed E-state index contributed by atoms with van der Waals surface area (Å²) in [7, 11) is 0. The van der Waals surface area contributed by atoms with Crippen LogP contribution in [0, 0.1) is 13.8 Å². The van der Waals surface area contributed by atoms with Gasteiger partial charge >= 0.3 is 0 Å². The molecule has 0 amide bonds. The molecule has 0 aromatic heterocycles. The van der Waals surface area contributed by atoms with Gasteiger partial charge in [-0.2, -0.15) is 0 Å². The van der Waals surface area contributed by atoms with Crippen LogP contribution in [0.2, 0.25) is 0 Å². The van der Waals surface area contributed by atoms with Gasteiger partial charge in [-0.3, -0.25) is 0 Å². The summed E-state index contributed by atoms with van der Waals surface area (Å²) in [6, 6.07) is 14.5. The highest BCUT2D eigenvalue weighted by Gasteiger charge is 2.12. The number of hydrogen-bond donors (Lipinski definition) is 1. The standard InChI is InChI=1S/C15H16BrN/c1-10-6-8-12(9-7-10)15(17)13-5-3-4-11(2)14(13)16/h3-9,15H,17H2,1-2H3. The summed E-state index contributed by atoms with van der Waals surface area (Å²) in [5.74, 6) is 0. The molecule has 17 heavy (non-hydrogen) atoms. The second-order valence-electron chi connectivity index (χ2n) is 4.37. The van der Waals surface area contributed by atoms with E-state index in [9.17, 15) is 0 Å². The quantitative estimate of drug-likeness (QED) is 0.884. The third kappa shape index (κ3) is 2.59. The number of benzene rings is 2. The van der Waals surface area contributed by atoms with Crippen LogP contribution in [0.1, 0.15) is 28.3 Å². The van der Waals surface area contributed by atoms with Gasteiger partial charge < -0.3 is 5.73 Å². The van der Waals surface area contributed by atoms with E-state index in [0.29, 0.717) is 0 Å². The SMILES string of the molecule is Cc1ccc(C(N)c2cccc(C)c2Br)cc1. The van der Waals surface area contributed by atoms with Crippen LogP contribution in [-0.2, 0) is 0 Å². The molecule has 1 atom stereocenters. The smallest absolute Gasteiger partial charge is 0.0562 e. The van der Waals surface area contributed by atoms with Crippen molar-refractivity contribution in [2.75, 3.05) is 0 Å². The van der Waals surface area contributed by atoms with E-state index < -0.39 is 0 Å². The van der Waals surface area contributed by atoms with Crippen molar-refractivity contribution in [1.82, 2.24) is 0 Å². The Kier molecular flexibility index (Phi) is 3.65. The summed E-state index contributed by atoms with van der Waals surface area (Å²) in [6.45, 7) is 4.16. The van der Waals surface area contributed by atoms with Crippen LogP contribution in [0.15, 0.2) is 46.9 Å². The first-order chi connectivity index (χ1) is 8.09. The van der Waals surface area contributed by atoms with Gasteiger partial charge in [-0.1, -0.05) is 64.0 Å². The van der Waals surface area contributed by atoms with E-state index in [1.807, 2.05) is 6.07 Å². The summed E-state index contributed by atoms with van der Waals surface area (Å²) < 4.78 is 1.10. The Balaban J connectivity index is 2.40. The molecule has 2 aromatic rings. The Labute approximate surface area is 111 Å². The van der Waals surface area contributed by atoms with Crippen LogP contribution in [0.25, 0.3) is 0 Å². The number of aryl methyl sites for hydroxylation is 2. The minimum absolute atomic E-state index is 0.0788. The lowest BCUT2D eigenvalue weighted by molar-refractivity contribution is 0.863. The fourth-order valence-corrected chi connectivity index (χ4v) is 2.37. The summed E-state index contributed by atoms with van der Waals surface area (Å²) >= 11 is 3.61. The van der Waals surface area contributed by atoms with Gasteiger partial charge in [0.15, 0.2) is 0 Å². The number of nitrogens with two attached hydrogens (primary N) is 1. The molecule has 0 aliphatic heterocycles. The van der Waals surface area contributed by atoms with Gasteiger partial charge in [0.05, 0.1) is 6.04 Å². The van der Waals surface area contributed by atoms with Gasteiger partial charge in [0, 0.05) is 4.47 Å². The van der Waals surface area contributed by atoms with Crippen molar-refractivity contribution < 1.29 is 0 Å². The van der Waals surface area contributed by atoms with Gasteiger partial charge in [-0.15, -0.1) is 0 Å². The van der Waals surface area contributed by atoms with Gasteiger partial charge in [0.2, 0.25) is 0 Å². The number of hydrogen-bond acceptors (Lipinski definition) is 1. The Morgan fingerprint density at radius 3 is 2.29 bits per heavy atom. The van der Waals surface area contributed by atoms with E-state index in [-0.39, 0.29) is 6.04 Å². The van der Waals surface area contributed by atoms with E-state index >= 15 is 0 Å². The summed E-state index contributed by atoms with van der Waals surface area (Å²) in [5.41, 5.74) is 11.0. The molecule has 0 heterocycles. The highest BCUT2D eigenvalue weighted by Crippen LogP contribution is 2.29. The molecule has 0 spiro atoms. The molecule has 0 saturated carbocycles. The average molecular weight is 290 g/mol. The Hall–Kier alpha value is -1.12. The highest BCUT2D eigenvalue weighted by molar-refractivity contribution is 9.10. The third-order valence-corrected chi connectivity index (χ3v) is 4.08. The minimum Gasteiger partial charge on any atom is -0.320 e. The second-order valence-corrected chi connectivity index (χ2v) is 5.16. The Morgan fingerprint density at radius 1 is 1.00 bits per heavy atom. The molecule has 0 fully saturated rings. The maximum atomic E-state index is 6.31. The van der Waals surface area contributed by atoms with Crippen LogP contribution < -0.4 is 5.73 Å². The van der Waals surface area contributed by atoms with Crippen molar-refractivity contribution in [1.29, 1.82) is 0 Å². The van der Waals surface area contributed by atoms with E-state index in [4.69, 9.17) is 5.73 Å². The number of halogens is 1. The Bertz CT molecular complexity index is 517. The number of rotatable bonds is 2. The van der Waals surface area contributed by atoms with Gasteiger partial charge in [-0.05, 0) is 30.5 Å². The molecule has 0 aliphatic rings. The maximum absolute atomic E-state index is 6.31. The van der Waals surface area contributed by atoms with Crippen molar-refractivity contribution in [3.8, 4) is 0 Å². The molecule has 2 rings (SSSR count). The van der Waals surface area contributed by atoms with Crippen LogP contribution in [0.5, 0.6) is 0 Å². The van der Waals surface area contributed by atoms with Crippen molar-refractivity contribution in [3.05, 3.63) is 69.2 Å². The molecule has 0 radical (unpaired) electrons. The zero-order valence-electron chi connectivity index (χ0n) is 10.1. The minimum atomic E-state index is -0.0788. The van der Waals surface area contributed by atoms with E-state index in [1.54, 1.807) is 0 Å². The topological polar surface area (TPSA) is 26.0 Å². The summed E-state index contributed by atoms with van der Waals surface area (Å²) in [4.78, 5) is 0. The lowest BCUT2D eigenvalue weighted by Gasteiger charge is -2.15. The van der Waals surface area contributed by atoms with Crippen LogP contribution >= 0.6 is 15.9 Å². The predicted molar refractivity (Wildman–Crippen MR) is 76.1 cm³/mol. The van der Waals surface area contributed by atoms with Crippen LogP contribution in [0.3, 0.4) is 0 Å². The van der Waals surface area contributed by atoms with Crippen molar-refractivity contribution in [2.24, 2.45) is 5.73 Å². The second kappa shape index (κ2) is 5.03.